The van der Waals surface area contributed by atoms with Gasteiger partial charge in [0.1, 0.15) is 16.2 Å². The molecule has 0 bridgehead atoms. The Kier molecular flexibility index (Phi) is 6.30. The van der Waals surface area contributed by atoms with Crippen LogP contribution in [0.25, 0.3) is 10.2 Å². The molecule has 1 aliphatic heterocycles. The largest absolute Gasteiger partial charge is 0.354 e. The summed E-state index contributed by atoms with van der Waals surface area (Å²) in [4.78, 5) is 24.9. The third kappa shape index (κ3) is 4.46. The van der Waals surface area contributed by atoms with Crippen molar-refractivity contribution in [2.45, 2.75) is 61.9 Å². The smallest absolute Gasteiger partial charge is 0.230 e. The van der Waals surface area contributed by atoms with E-state index in [1.165, 1.54) is 76.2 Å². The highest BCUT2D eigenvalue weighted by atomic mass is 32.2. The molecule has 5 nitrogen and oxygen atoms in total. The molecular formula is C20H28N4OS2. The number of carbonyl (C=O) groups excluding carboxylic acids is 1. The molecule has 0 spiro atoms. The number of hydrogen-bond donors (Lipinski definition) is 1. The zero-order valence-electron chi connectivity index (χ0n) is 15.8. The highest BCUT2D eigenvalue weighted by Crippen LogP contribution is 2.35. The van der Waals surface area contributed by atoms with Gasteiger partial charge in [0.2, 0.25) is 5.91 Å². The minimum absolute atomic E-state index is 0.115. The van der Waals surface area contributed by atoms with Crippen molar-refractivity contribution in [2.75, 3.05) is 25.4 Å². The van der Waals surface area contributed by atoms with Crippen LogP contribution < -0.4 is 5.32 Å². The van der Waals surface area contributed by atoms with Crippen LogP contribution in [-0.2, 0) is 4.79 Å². The Labute approximate surface area is 169 Å². The summed E-state index contributed by atoms with van der Waals surface area (Å²) in [7, 11) is 0. The molecule has 2 aromatic rings. The summed E-state index contributed by atoms with van der Waals surface area (Å²) in [5, 5.41) is 7.24. The number of thioether (sulfide) groups is 1. The quantitative estimate of drug-likeness (QED) is 0.580. The fraction of sp³-hybridized carbons (Fsp3) is 0.650. The van der Waals surface area contributed by atoms with Gasteiger partial charge in [0.15, 0.2) is 0 Å². The van der Waals surface area contributed by atoms with E-state index < -0.39 is 0 Å². The number of piperidine rings is 1. The van der Waals surface area contributed by atoms with Crippen LogP contribution in [0.5, 0.6) is 0 Å². The first-order valence-electron chi connectivity index (χ1n) is 10.1. The lowest BCUT2D eigenvalue weighted by Gasteiger charge is -2.48. The van der Waals surface area contributed by atoms with E-state index in [1.807, 2.05) is 11.4 Å². The summed E-state index contributed by atoms with van der Waals surface area (Å²) in [5.41, 5.74) is 0.189. The SMILES string of the molecule is O=C(CSc1ncnc2sccc12)NCC1(N2CCCCC2)CCCCC1. The maximum atomic E-state index is 12.6. The van der Waals surface area contributed by atoms with Gasteiger partial charge in [-0.2, -0.15) is 0 Å². The lowest BCUT2D eigenvalue weighted by molar-refractivity contribution is -0.119. The average molecular weight is 405 g/mol. The number of nitrogens with one attached hydrogen (secondary N) is 1. The van der Waals surface area contributed by atoms with Crippen molar-refractivity contribution in [3.63, 3.8) is 0 Å². The number of hydrogen-bond acceptors (Lipinski definition) is 6. The maximum absolute atomic E-state index is 12.6. The first-order chi connectivity index (χ1) is 13.3. The van der Waals surface area contributed by atoms with Crippen LogP contribution in [-0.4, -0.2) is 51.7 Å². The molecule has 27 heavy (non-hydrogen) atoms. The van der Waals surface area contributed by atoms with Crippen molar-refractivity contribution in [2.24, 2.45) is 0 Å². The molecule has 146 valence electrons. The summed E-state index contributed by atoms with van der Waals surface area (Å²) in [6.45, 7) is 3.19. The maximum Gasteiger partial charge on any atom is 0.230 e. The van der Waals surface area contributed by atoms with Gasteiger partial charge in [-0.05, 0) is 50.2 Å². The topological polar surface area (TPSA) is 58.1 Å². The molecule has 1 aliphatic carbocycles. The lowest BCUT2D eigenvalue weighted by atomic mass is 9.79. The normalized spacial score (nSPS) is 20.6. The van der Waals surface area contributed by atoms with Crippen molar-refractivity contribution in [1.82, 2.24) is 20.2 Å². The minimum Gasteiger partial charge on any atom is -0.354 e. The predicted molar refractivity (Wildman–Crippen MR) is 112 cm³/mol. The van der Waals surface area contributed by atoms with Crippen LogP contribution in [0.2, 0.25) is 0 Å². The van der Waals surface area contributed by atoms with E-state index in [0.29, 0.717) is 5.75 Å². The van der Waals surface area contributed by atoms with E-state index in [0.717, 1.165) is 21.8 Å². The monoisotopic (exact) mass is 404 g/mol. The van der Waals surface area contributed by atoms with E-state index in [4.69, 9.17) is 0 Å². The van der Waals surface area contributed by atoms with Gasteiger partial charge in [0.05, 0.1) is 5.75 Å². The average Bonchev–Trinajstić information content (AvgIpc) is 3.21. The molecule has 3 heterocycles. The highest BCUT2D eigenvalue weighted by molar-refractivity contribution is 8.00. The van der Waals surface area contributed by atoms with Crippen molar-refractivity contribution in [3.05, 3.63) is 17.8 Å². The second kappa shape index (κ2) is 8.88. The number of aromatic nitrogens is 2. The number of likely N-dealkylation sites (tertiary alicyclic amines) is 1. The van der Waals surface area contributed by atoms with Gasteiger partial charge in [0.25, 0.3) is 0 Å². The molecule has 0 radical (unpaired) electrons. The van der Waals surface area contributed by atoms with Crippen molar-refractivity contribution in [1.29, 1.82) is 0 Å². The Bertz CT molecular complexity index is 766. The molecule has 7 heteroatoms. The van der Waals surface area contributed by atoms with Crippen LogP contribution in [0.4, 0.5) is 0 Å². The van der Waals surface area contributed by atoms with Crippen LogP contribution in [0, 0.1) is 0 Å². The molecule has 1 saturated carbocycles. The van der Waals surface area contributed by atoms with E-state index in [9.17, 15) is 4.79 Å². The molecule has 0 unspecified atom stereocenters. The molecule has 0 aromatic carbocycles. The van der Waals surface area contributed by atoms with E-state index in [1.54, 1.807) is 17.7 Å². The van der Waals surface area contributed by atoms with E-state index >= 15 is 0 Å². The van der Waals surface area contributed by atoms with Gasteiger partial charge >= 0.3 is 0 Å². The van der Waals surface area contributed by atoms with Crippen LogP contribution in [0.3, 0.4) is 0 Å². The zero-order valence-corrected chi connectivity index (χ0v) is 17.4. The first-order valence-corrected chi connectivity index (χ1v) is 12.0. The minimum atomic E-state index is 0.115. The molecule has 1 N–H and O–H groups in total. The Morgan fingerprint density at radius 1 is 1.15 bits per heavy atom. The summed E-state index contributed by atoms with van der Waals surface area (Å²) >= 11 is 3.12. The molecule has 1 amide bonds. The van der Waals surface area contributed by atoms with Crippen molar-refractivity contribution < 1.29 is 4.79 Å². The predicted octanol–water partition coefficient (Wildman–Crippen LogP) is 4.09. The van der Waals surface area contributed by atoms with Gasteiger partial charge in [-0.25, -0.2) is 9.97 Å². The van der Waals surface area contributed by atoms with Gasteiger partial charge in [-0.3, -0.25) is 9.69 Å². The number of carbonyl (C=O) groups is 1. The van der Waals surface area contributed by atoms with Gasteiger partial charge in [-0.1, -0.05) is 37.4 Å². The van der Waals surface area contributed by atoms with Crippen LogP contribution >= 0.6 is 23.1 Å². The van der Waals surface area contributed by atoms with Crippen molar-refractivity contribution in [3.8, 4) is 0 Å². The second-order valence-electron chi connectivity index (χ2n) is 7.72. The number of thiophene rings is 1. The summed E-state index contributed by atoms with van der Waals surface area (Å²) in [6, 6.07) is 2.04. The number of amides is 1. The Hall–Kier alpha value is -1.18. The van der Waals surface area contributed by atoms with Crippen LogP contribution in [0.15, 0.2) is 22.8 Å². The van der Waals surface area contributed by atoms with Crippen molar-refractivity contribution >= 4 is 39.2 Å². The number of rotatable bonds is 6. The zero-order chi connectivity index (χ0) is 18.5. The third-order valence-electron chi connectivity index (χ3n) is 5.99. The van der Waals surface area contributed by atoms with E-state index in [-0.39, 0.29) is 11.4 Å². The number of nitrogens with zero attached hydrogens (tertiary/aromatic N) is 3. The molecule has 1 saturated heterocycles. The fourth-order valence-electron chi connectivity index (χ4n) is 4.51. The molecule has 2 aromatic heterocycles. The van der Waals surface area contributed by atoms with E-state index in [2.05, 4.69) is 20.2 Å². The molecule has 2 fully saturated rings. The molecule has 0 atom stereocenters. The highest BCUT2D eigenvalue weighted by Gasteiger charge is 2.38. The lowest BCUT2D eigenvalue weighted by Crippen LogP contribution is -2.58. The Morgan fingerprint density at radius 3 is 2.74 bits per heavy atom. The Morgan fingerprint density at radius 2 is 1.93 bits per heavy atom. The fourth-order valence-corrected chi connectivity index (χ4v) is 6.12. The molecule has 4 rings (SSSR count). The second-order valence-corrected chi connectivity index (χ2v) is 9.57. The standard InChI is InChI=1S/C20H28N4OS2/c25-17(13-27-19-16-7-12-26-18(16)22-15-23-19)21-14-20(8-3-1-4-9-20)24-10-5-2-6-11-24/h7,12,15H,1-6,8-11,13-14H2,(H,21,25). The molecule has 2 aliphatic rings. The molecular weight excluding hydrogens is 376 g/mol. The summed E-state index contributed by atoms with van der Waals surface area (Å²) in [6.07, 6.45) is 11.9. The van der Waals surface area contributed by atoms with Gasteiger partial charge in [0, 0.05) is 17.5 Å². The Balaban J connectivity index is 1.34. The van der Waals surface area contributed by atoms with Gasteiger partial charge in [-0.15, -0.1) is 11.3 Å². The summed E-state index contributed by atoms with van der Waals surface area (Å²) in [5.74, 6) is 0.529. The van der Waals surface area contributed by atoms with Gasteiger partial charge < -0.3 is 5.32 Å². The third-order valence-corrected chi connectivity index (χ3v) is 7.82. The number of fused-ring (bicyclic) bond motifs is 1. The first kappa shape index (κ1) is 19.2. The summed E-state index contributed by atoms with van der Waals surface area (Å²) < 4.78 is 0. The van der Waals surface area contributed by atoms with Crippen LogP contribution in [0.1, 0.15) is 51.4 Å².